The van der Waals surface area contributed by atoms with Gasteiger partial charge in [0, 0.05) is 6.42 Å². The largest absolute Gasteiger partial charge is 0.466 e. The molecule has 0 aliphatic carbocycles. The van der Waals surface area contributed by atoms with E-state index in [0.717, 1.165) is 70.6 Å². The maximum atomic E-state index is 12.4. The molecule has 0 radical (unpaired) electrons. The average Bonchev–Trinajstić information content (AvgIpc) is 2.75. The second-order valence-corrected chi connectivity index (χ2v) is 8.65. The van der Waals surface area contributed by atoms with Crippen LogP contribution in [0.2, 0.25) is 0 Å². The maximum absolute atomic E-state index is 12.4. The van der Waals surface area contributed by atoms with Crippen LogP contribution in [-0.4, -0.2) is 25.2 Å². The van der Waals surface area contributed by atoms with Crippen molar-refractivity contribution < 1.29 is 19.1 Å². The number of ether oxygens (including phenoxy) is 2. The van der Waals surface area contributed by atoms with Crippen LogP contribution in [0.1, 0.15) is 130 Å². The van der Waals surface area contributed by atoms with E-state index in [1.807, 2.05) is 0 Å². The van der Waals surface area contributed by atoms with Crippen LogP contribution >= 0.6 is 0 Å². The lowest BCUT2D eigenvalue weighted by Gasteiger charge is -2.23. The molecule has 0 rings (SSSR count). The van der Waals surface area contributed by atoms with Crippen LogP contribution in [0.5, 0.6) is 0 Å². The molecule has 0 saturated heterocycles. The highest BCUT2D eigenvalue weighted by atomic mass is 16.5. The van der Waals surface area contributed by atoms with Gasteiger partial charge in [-0.2, -0.15) is 0 Å². The van der Waals surface area contributed by atoms with Crippen LogP contribution in [-0.2, 0) is 19.1 Å². The predicted octanol–water partition coefficient (Wildman–Crippen LogP) is 7.63. The summed E-state index contributed by atoms with van der Waals surface area (Å²) in [5, 5.41) is 0. The van der Waals surface area contributed by atoms with Crippen LogP contribution in [0.3, 0.4) is 0 Å². The number of hydrogen-bond donors (Lipinski definition) is 0. The van der Waals surface area contributed by atoms with Gasteiger partial charge in [-0.1, -0.05) is 91.9 Å². The van der Waals surface area contributed by atoms with Gasteiger partial charge in [0.1, 0.15) is 0 Å². The zero-order valence-electron chi connectivity index (χ0n) is 20.5. The molecule has 4 nitrogen and oxygen atoms in total. The normalized spacial score (nSPS) is 13.1. The van der Waals surface area contributed by atoms with Crippen LogP contribution in [0.25, 0.3) is 0 Å². The first-order valence-electron chi connectivity index (χ1n) is 12.9. The van der Waals surface area contributed by atoms with Gasteiger partial charge in [-0.3, -0.25) is 9.59 Å². The Bertz CT molecular complexity index is 408. The summed E-state index contributed by atoms with van der Waals surface area (Å²) in [6.07, 6.45) is 16.9. The number of hydrogen-bond acceptors (Lipinski definition) is 4. The topological polar surface area (TPSA) is 52.6 Å². The molecule has 0 amide bonds. The summed E-state index contributed by atoms with van der Waals surface area (Å²) in [4.78, 5) is 24.1. The van der Waals surface area contributed by atoms with E-state index < -0.39 is 0 Å². The molecule has 0 spiro atoms. The molecule has 2 atom stereocenters. The van der Waals surface area contributed by atoms with E-state index in [1.54, 1.807) is 0 Å². The molecule has 0 fully saturated rings. The van der Waals surface area contributed by atoms with Gasteiger partial charge in [0.05, 0.1) is 19.1 Å². The molecule has 2 unspecified atom stereocenters. The van der Waals surface area contributed by atoms with Crippen molar-refractivity contribution in [1.82, 2.24) is 0 Å². The molecule has 0 N–H and O–H groups in total. The molecular weight excluding hydrogens is 376 g/mol. The minimum atomic E-state index is -0.0379. The second kappa shape index (κ2) is 21.2. The number of carbonyl (C=O) groups is 2. The Labute approximate surface area is 186 Å². The van der Waals surface area contributed by atoms with Gasteiger partial charge < -0.3 is 9.47 Å². The van der Waals surface area contributed by atoms with Gasteiger partial charge >= 0.3 is 11.9 Å². The molecule has 30 heavy (non-hydrogen) atoms. The fourth-order valence-electron chi connectivity index (χ4n) is 4.01. The standard InChI is InChI=1S/C26H50O4/c1-5-9-17-21-29-25(27)20-16-14-12-11-13-15-19-23(7-3)24(8-4)26(28)30-22-18-10-6-2/h23-24H,5-22H2,1-4H3. The zero-order valence-corrected chi connectivity index (χ0v) is 20.5. The van der Waals surface area contributed by atoms with Crippen LogP contribution in [0.4, 0.5) is 0 Å². The number of carbonyl (C=O) groups excluding carboxylic acids is 2. The van der Waals surface area contributed by atoms with Gasteiger partial charge in [-0.05, 0) is 38.0 Å². The van der Waals surface area contributed by atoms with Gasteiger partial charge in [0.25, 0.3) is 0 Å². The van der Waals surface area contributed by atoms with Crippen molar-refractivity contribution in [2.75, 3.05) is 13.2 Å². The highest BCUT2D eigenvalue weighted by Crippen LogP contribution is 2.27. The third-order valence-electron chi connectivity index (χ3n) is 6.04. The molecule has 0 aromatic heterocycles. The van der Waals surface area contributed by atoms with Crippen molar-refractivity contribution in [1.29, 1.82) is 0 Å². The Hall–Kier alpha value is -1.06. The van der Waals surface area contributed by atoms with E-state index in [9.17, 15) is 9.59 Å². The zero-order chi connectivity index (χ0) is 22.5. The van der Waals surface area contributed by atoms with Crippen molar-refractivity contribution in [3.8, 4) is 0 Å². The third kappa shape index (κ3) is 15.7. The van der Waals surface area contributed by atoms with E-state index >= 15 is 0 Å². The Kier molecular flexibility index (Phi) is 20.4. The minimum absolute atomic E-state index is 0.0158. The van der Waals surface area contributed by atoms with Gasteiger partial charge in [0.2, 0.25) is 0 Å². The summed E-state index contributed by atoms with van der Waals surface area (Å²) in [6.45, 7) is 9.76. The fraction of sp³-hybridized carbons (Fsp3) is 0.923. The minimum Gasteiger partial charge on any atom is -0.466 e. The predicted molar refractivity (Wildman–Crippen MR) is 125 cm³/mol. The summed E-state index contributed by atoms with van der Waals surface area (Å²) in [7, 11) is 0. The van der Waals surface area contributed by atoms with Crippen molar-refractivity contribution in [3.05, 3.63) is 0 Å². The summed E-state index contributed by atoms with van der Waals surface area (Å²) in [5.74, 6) is 0.474. The molecule has 0 aromatic rings. The molecule has 0 bridgehead atoms. The smallest absolute Gasteiger partial charge is 0.309 e. The molecule has 0 heterocycles. The van der Waals surface area contributed by atoms with Crippen molar-refractivity contribution in [3.63, 3.8) is 0 Å². The molecule has 4 heteroatoms. The Morgan fingerprint density at radius 1 is 0.633 bits per heavy atom. The average molecular weight is 427 g/mol. The quantitative estimate of drug-likeness (QED) is 0.140. The number of esters is 2. The Morgan fingerprint density at radius 2 is 1.20 bits per heavy atom. The highest BCUT2D eigenvalue weighted by Gasteiger charge is 2.26. The lowest BCUT2D eigenvalue weighted by Crippen LogP contribution is -2.25. The number of rotatable bonds is 21. The van der Waals surface area contributed by atoms with E-state index in [1.165, 1.54) is 25.7 Å². The van der Waals surface area contributed by atoms with Gasteiger partial charge in [0.15, 0.2) is 0 Å². The Morgan fingerprint density at radius 3 is 1.77 bits per heavy atom. The van der Waals surface area contributed by atoms with Crippen molar-refractivity contribution >= 4 is 11.9 Å². The van der Waals surface area contributed by atoms with Crippen molar-refractivity contribution in [2.45, 2.75) is 130 Å². The maximum Gasteiger partial charge on any atom is 0.309 e. The van der Waals surface area contributed by atoms with Gasteiger partial charge in [-0.15, -0.1) is 0 Å². The van der Waals surface area contributed by atoms with Crippen molar-refractivity contribution in [2.24, 2.45) is 11.8 Å². The highest BCUT2D eigenvalue weighted by molar-refractivity contribution is 5.72. The summed E-state index contributed by atoms with van der Waals surface area (Å²) >= 11 is 0. The molecule has 0 aliphatic heterocycles. The van der Waals surface area contributed by atoms with E-state index in [-0.39, 0.29) is 17.9 Å². The third-order valence-corrected chi connectivity index (χ3v) is 6.04. The molecule has 178 valence electrons. The van der Waals surface area contributed by atoms with E-state index in [4.69, 9.17) is 9.47 Å². The molecular formula is C26H50O4. The molecule has 0 aromatic carbocycles. The van der Waals surface area contributed by atoms with Crippen LogP contribution in [0, 0.1) is 11.8 Å². The molecule has 0 aliphatic rings. The summed E-state index contributed by atoms with van der Waals surface area (Å²) in [5.41, 5.74) is 0. The lowest BCUT2D eigenvalue weighted by molar-refractivity contribution is -0.151. The first kappa shape index (κ1) is 28.9. The second-order valence-electron chi connectivity index (χ2n) is 8.65. The first-order chi connectivity index (χ1) is 14.6. The Balaban J connectivity index is 3.82. The summed E-state index contributed by atoms with van der Waals surface area (Å²) < 4.78 is 10.8. The monoisotopic (exact) mass is 426 g/mol. The number of unbranched alkanes of at least 4 members (excludes halogenated alkanes) is 9. The summed E-state index contributed by atoms with van der Waals surface area (Å²) in [6, 6.07) is 0. The lowest BCUT2D eigenvalue weighted by atomic mass is 9.84. The first-order valence-corrected chi connectivity index (χ1v) is 12.9. The van der Waals surface area contributed by atoms with E-state index in [0.29, 0.717) is 25.6 Å². The van der Waals surface area contributed by atoms with Crippen LogP contribution < -0.4 is 0 Å². The SMILES string of the molecule is CCCCCOC(=O)CCCCCCCCC(CC)C(CC)C(=O)OCCCCC. The fourth-order valence-corrected chi connectivity index (χ4v) is 4.01. The van der Waals surface area contributed by atoms with Gasteiger partial charge in [-0.25, -0.2) is 0 Å². The molecule has 0 saturated carbocycles. The van der Waals surface area contributed by atoms with Crippen LogP contribution in [0.15, 0.2) is 0 Å². The van der Waals surface area contributed by atoms with E-state index in [2.05, 4.69) is 27.7 Å².